The lowest BCUT2D eigenvalue weighted by atomic mass is 10.1. The number of nitrogens with zero attached hydrogens (tertiary/aromatic N) is 1. The first-order valence-corrected chi connectivity index (χ1v) is 5.10. The molecule has 0 heterocycles. The fourth-order valence-electron chi connectivity index (χ4n) is 1.33. The summed E-state index contributed by atoms with van der Waals surface area (Å²) in [7, 11) is 0. The smallest absolute Gasteiger partial charge is 0.0663 e. The van der Waals surface area contributed by atoms with E-state index in [1.54, 1.807) is 0 Å². The molecule has 0 amide bonds. The van der Waals surface area contributed by atoms with Crippen molar-refractivity contribution < 1.29 is 5.11 Å². The second kappa shape index (κ2) is 6.80. The van der Waals surface area contributed by atoms with Gasteiger partial charge in [-0.3, -0.25) is 0 Å². The Bertz CT molecular complexity index is 346. The summed E-state index contributed by atoms with van der Waals surface area (Å²) in [6.07, 6.45) is 5.97. The minimum Gasteiger partial charge on any atom is -0.396 e. The van der Waals surface area contributed by atoms with Crippen molar-refractivity contribution >= 4 is 6.08 Å². The molecule has 1 rings (SSSR count). The Labute approximate surface area is 90.5 Å². The highest BCUT2D eigenvalue weighted by molar-refractivity contribution is 5.49. The highest BCUT2D eigenvalue weighted by atomic mass is 16.2. The van der Waals surface area contributed by atoms with Gasteiger partial charge in [-0.15, -0.1) is 0 Å². The molecule has 0 bridgehead atoms. The van der Waals surface area contributed by atoms with E-state index >= 15 is 0 Å². The van der Waals surface area contributed by atoms with E-state index in [1.807, 2.05) is 24.3 Å². The van der Waals surface area contributed by atoms with Gasteiger partial charge in [0.2, 0.25) is 0 Å². The summed E-state index contributed by atoms with van der Waals surface area (Å²) >= 11 is 0. The Kier molecular flexibility index (Phi) is 5.21. The van der Waals surface area contributed by atoms with Gasteiger partial charge in [0.05, 0.1) is 12.5 Å². The molecule has 1 aromatic carbocycles. The van der Waals surface area contributed by atoms with E-state index in [-0.39, 0.29) is 6.61 Å². The van der Waals surface area contributed by atoms with Crippen molar-refractivity contribution in [2.24, 2.45) is 0 Å². The van der Waals surface area contributed by atoms with Gasteiger partial charge in [0.1, 0.15) is 0 Å². The summed E-state index contributed by atoms with van der Waals surface area (Å²) in [6, 6.07) is 10.2. The van der Waals surface area contributed by atoms with Crippen LogP contribution in [0.1, 0.15) is 24.0 Å². The van der Waals surface area contributed by atoms with Crippen LogP contribution in [0.5, 0.6) is 0 Å². The van der Waals surface area contributed by atoms with Gasteiger partial charge < -0.3 is 5.11 Å². The quantitative estimate of drug-likeness (QED) is 0.795. The molecule has 0 saturated heterocycles. The number of hydrogen-bond donors (Lipinski definition) is 1. The summed E-state index contributed by atoms with van der Waals surface area (Å²) < 4.78 is 0. The van der Waals surface area contributed by atoms with Gasteiger partial charge in [-0.05, 0) is 24.0 Å². The maximum absolute atomic E-state index is 8.68. The Morgan fingerprint density at radius 2 is 2.00 bits per heavy atom. The van der Waals surface area contributed by atoms with Crippen molar-refractivity contribution in [1.82, 2.24) is 0 Å². The van der Waals surface area contributed by atoms with Crippen LogP contribution in [0.15, 0.2) is 30.3 Å². The Balaban J connectivity index is 2.53. The molecule has 0 saturated carbocycles. The van der Waals surface area contributed by atoms with Crippen molar-refractivity contribution in [1.29, 1.82) is 5.26 Å². The number of aliphatic hydroxyl groups is 1. The van der Waals surface area contributed by atoms with Gasteiger partial charge in [0.25, 0.3) is 0 Å². The largest absolute Gasteiger partial charge is 0.396 e. The average molecular weight is 201 g/mol. The number of nitriles is 1. The summed E-state index contributed by atoms with van der Waals surface area (Å²) in [4.78, 5) is 0. The van der Waals surface area contributed by atoms with Crippen molar-refractivity contribution in [2.45, 2.75) is 19.3 Å². The van der Waals surface area contributed by atoms with Crippen LogP contribution < -0.4 is 0 Å². The summed E-state index contributed by atoms with van der Waals surface area (Å²) in [5.74, 6) is 0. The van der Waals surface area contributed by atoms with Gasteiger partial charge in [-0.2, -0.15) is 5.26 Å². The Morgan fingerprint density at radius 1 is 1.27 bits per heavy atom. The van der Waals surface area contributed by atoms with E-state index in [1.165, 1.54) is 5.56 Å². The highest BCUT2D eigenvalue weighted by Crippen LogP contribution is 2.08. The number of allylic oxidation sites excluding steroid dienone is 1. The molecule has 0 fully saturated rings. The third-order valence-electron chi connectivity index (χ3n) is 2.12. The first-order chi connectivity index (χ1) is 7.36. The van der Waals surface area contributed by atoms with Crippen molar-refractivity contribution in [3.8, 4) is 6.07 Å². The Hall–Kier alpha value is -1.59. The van der Waals surface area contributed by atoms with Crippen LogP contribution in [0.25, 0.3) is 6.08 Å². The van der Waals surface area contributed by atoms with Gasteiger partial charge in [-0.1, -0.05) is 36.4 Å². The Morgan fingerprint density at radius 3 is 2.60 bits per heavy atom. The van der Waals surface area contributed by atoms with Crippen molar-refractivity contribution in [2.75, 3.05) is 6.61 Å². The van der Waals surface area contributed by atoms with Gasteiger partial charge >= 0.3 is 0 Å². The molecule has 78 valence electrons. The van der Waals surface area contributed by atoms with E-state index in [4.69, 9.17) is 10.4 Å². The molecule has 0 spiro atoms. The number of aryl methyl sites for hydroxylation is 1. The third kappa shape index (κ3) is 4.44. The van der Waals surface area contributed by atoms with Crippen molar-refractivity contribution in [3.05, 3.63) is 41.5 Å². The molecular weight excluding hydrogens is 186 g/mol. The van der Waals surface area contributed by atoms with Crippen LogP contribution in [0.3, 0.4) is 0 Å². The molecular formula is C13H15NO. The first kappa shape index (κ1) is 11.5. The molecule has 0 aliphatic heterocycles. The first-order valence-electron chi connectivity index (χ1n) is 5.10. The van der Waals surface area contributed by atoms with E-state index < -0.39 is 0 Å². The summed E-state index contributed by atoms with van der Waals surface area (Å²) in [5, 5.41) is 17.0. The summed E-state index contributed by atoms with van der Waals surface area (Å²) in [6.45, 7) is 0.240. The van der Waals surface area contributed by atoms with Crippen LogP contribution in [-0.2, 0) is 6.42 Å². The molecule has 1 N–H and O–H groups in total. The molecule has 0 radical (unpaired) electrons. The molecule has 0 unspecified atom stereocenters. The van der Waals surface area contributed by atoms with Gasteiger partial charge in [0.15, 0.2) is 0 Å². The maximum atomic E-state index is 8.68. The molecule has 0 atom stereocenters. The minimum atomic E-state index is 0.240. The standard InChI is InChI=1S/C13H15NO/c14-10-2-1-4-12-6-8-13(9-7-12)5-3-11-15/h1,4,6-9,15H,2-3,5,11H2. The molecule has 0 aliphatic carbocycles. The predicted molar refractivity (Wildman–Crippen MR) is 61.1 cm³/mol. The van der Waals surface area contributed by atoms with Crippen LogP contribution >= 0.6 is 0 Å². The predicted octanol–water partition coefficient (Wildman–Crippen LogP) is 2.54. The topological polar surface area (TPSA) is 44.0 Å². The van der Waals surface area contributed by atoms with Crippen LogP contribution in [0.4, 0.5) is 0 Å². The lowest BCUT2D eigenvalue weighted by Crippen LogP contribution is -1.88. The van der Waals surface area contributed by atoms with Crippen molar-refractivity contribution in [3.63, 3.8) is 0 Å². The molecule has 0 aliphatic rings. The van der Waals surface area contributed by atoms with Crippen LogP contribution in [-0.4, -0.2) is 11.7 Å². The van der Waals surface area contributed by atoms with Crippen LogP contribution in [0.2, 0.25) is 0 Å². The zero-order valence-electron chi connectivity index (χ0n) is 8.69. The lowest BCUT2D eigenvalue weighted by molar-refractivity contribution is 0.288. The summed E-state index contributed by atoms with van der Waals surface area (Å²) in [5.41, 5.74) is 2.35. The third-order valence-corrected chi connectivity index (χ3v) is 2.12. The highest BCUT2D eigenvalue weighted by Gasteiger charge is 1.92. The van der Waals surface area contributed by atoms with Gasteiger partial charge in [-0.25, -0.2) is 0 Å². The van der Waals surface area contributed by atoms with Crippen LogP contribution in [0, 0.1) is 11.3 Å². The second-order valence-electron chi connectivity index (χ2n) is 3.33. The SMILES string of the molecule is N#CCC=Cc1ccc(CCCO)cc1. The van der Waals surface area contributed by atoms with E-state index in [9.17, 15) is 0 Å². The van der Waals surface area contributed by atoms with E-state index in [2.05, 4.69) is 18.2 Å². The zero-order chi connectivity index (χ0) is 10.9. The second-order valence-corrected chi connectivity index (χ2v) is 3.33. The normalized spacial score (nSPS) is 10.4. The maximum Gasteiger partial charge on any atom is 0.0663 e. The van der Waals surface area contributed by atoms with E-state index in [0.717, 1.165) is 18.4 Å². The molecule has 2 nitrogen and oxygen atoms in total. The zero-order valence-corrected chi connectivity index (χ0v) is 8.69. The average Bonchev–Trinajstić information content (AvgIpc) is 2.28. The number of benzene rings is 1. The number of rotatable bonds is 5. The monoisotopic (exact) mass is 201 g/mol. The fraction of sp³-hybridized carbons (Fsp3) is 0.308. The molecule has 0 aromatic heterocycles. The van der Waals surface area contributed by atoms with E-state index in [0.29, 0.717) is 6.42 Å². The minimum absolute atomic E-state index is 0.240. The molecule has 1 aromatic rings. The fourth-order valence-corrected chi connectivity index (χ4v) is 1.33. The molecule has 15 heavy (non-hydrogen) atoms. The lowest BCUT2D eigenvalue weighted by Gasteiger charge is -1.99. The van der Waals surface area contributed by atoms with Gasteiger partial charge in [0, 0.05) is 6.61 Å². The number of aliphatic hydroxyl groups excluding tert-OH is 1. The number of hydrogen-bond acceptors (Lipinski definition) is 2. The molecule has 2 heteroatoms.